The van der Waals surface area contributed by atoms with Crippen LogP contribution in [0, 0.1) is 11.3 Å². The number of aryl methyl sites for hydroxylation is 2. The second-order valence-corrected chi connectivity index (χ2v) is 5.22. The number of imidazole rings is 1. The first-order valence-corrected chi connectivity index (χ1v) is 6.88. The van der Waals surface area contributed by atoms with Crippen molar-refractivity contribution in [3.63, 3.8) is 0 Å². The summed E-state index contributed by atoms with van der Waals surface area (Å²) in [6.07, 6.45) is 1.53. The summed E-state index contributed by atoms with van der Waals surface area (Å²) in [6.45, 7) is 0. The molecule has 0 aliphatic carbocycles. The molecule has 2 heterocycles. The SMILES string of the molecule is Cn1c(=O)n(C)c2cc(Nc3ccnc(Cl)c3C#N)ccc21. The van der Waals surface area contributed by atoms with Crippen molar-refractivity contribution in [3.8, 4) is 6.07 Å². The van der Waals surface area contributed by atoms with Gasteiger partial charge in [-0.15, -0.1) is 0 Å². The Morgan fingerprint density at radius 2 is 1.95 bits per heavy atom. The Morgan fingerprint density at radius 3 is 2.68 bits per heavy atom. The summed E-state index contributed by atoms with van der Waals surface area (Å²) in [4.78, 5) is 15.8. The second kappa shape index (κ2) is 5.20. The zero-order chi connectivity index (χ0) is 15.9. The van der Waals surface area contributed by atoms with Gasteiger partial charge in [-0.2, -0.15) is 5.26 Å². The molecule has 110 valence electrons. The highest BCUT2D eigenvalue weighted by Crippen LogP contribution is 2.26. The van der Waals surface area contributed by atoms with Crippen LogP contribution in [0.4, 0.5) is 11.4 Å². The fourth-order valence-corrected chi connectivity index (χ4v) is 2.59. The summed E-state index contributed by atoms with van der Waals surface area (Å²) in [5.74, 6) is 0. The van der Waals surface area contributed by atoms with Crippen LogP contribution in [-0.4, -0.2) is 14.1 Å². The Bertz CT molecular complexity index is 980. The second-order valence-electron chi connectivity index (χ2n) is 4.87. The molecule has 0 atom stereocenters. The summed E-state index contributed by atoms with van der Waals surface area (Å²) in [6, 6.07) is 9.26. The molecule has 0 spiro atoms. The Hall–Kier alpha value is -2.78. The van der Waals surface area contributed by atoms with E-state index in [9.17, 15) is 4.79 Å². The average molecular weight is 314 g/mol. The molecule has 6 nitrogen and oxygen atoms in total. The maximum Gasteiger partial charge on any atom is 0.328 e. The van der Waals surface area contributed by atoms with E-state index in [1.807, 2.05) is 24.3 Å². The number of halogens is 1. The molecule has 0 bridgehead atoms. The molecule has 3 rings (SSSR count). The molecule has 7 heteroatoms. The third-order valence-corrected chi connectivity index (χ3v) is 3.85. The van der Waals surface area contributed by atoms with Gasteiger partial charge in [-0.1, -0.05) is 11.6 Å². The largest absolute Gasteiger partial charge is 0.354 e. The van der Waals surface area contributed by atoms with Crippen molar-refractivity contribution in [3.05, 3.63) is 51.7 Å². The first-order valence-electron chi connectivity index (χ1n) is 6.50. The number of nitriles is 1. The lowest BCUT2D eigenvalue weighted by atomic mass is 10.2. The van der Waals surface area contributed by atoms with Crippen LogP contribution in [0.15, 0.2) is 35.3 Å². The van der Waals surface area contributed by atoms with Crippen molar-refractivity contribution in [2.45, 2.75) is 0 Å². The molecule has 0 aliphatic heterocycles. The van der Waals surface area contributed by atoms with Gasteiger partial charge in [0.15, 0.2) is 0 Å². The maximum atomic E-state index is 11.9. The molecule has 0 saturated heterocycles. The van der Waals surface area contributed by atoms with Crippen LogP contribution in [-0.2, 0) is 14.1 Å². The van der Waals surface area contributed by atoms with E-state index in [2.05, 4.69) is 10.3 Å². The Morgan fingerprint density at radius 1 is 1.23 bits per heavy atom. The average Bonchev–Trinajstić information content (AvgIpc) is 2.72. The molecule has 3 aromatic rings. The number of benzene rings is 1. The van der Waals surface area contributed by atoms with E-state index in [0.29, 0.717) is 5.69 Å². The van der Waals surface area contributed by atoms with E-state index < -0.39 is 0 Å². The molecular weight excluding hydrogens is 302 g/mol. The fourth-order valence-electron chi connectivity index (χ4n) is 2.39. The predicted octanol–water partition coefficient (Wildman–Crippen LogP) is 2.54. The van der Waals surface area contributed by atoms with Crippen LogP contribution in [0.5, 0.6) is 0 Å². The van der Waals surface area contributed by atoms with Crippen LogP contribution >= 0.6 is 11.6 Å². The van der Waals surface area contributed by atoms with Gasteiger partial charge in [-0.25, -0.2) is 9.78 Å². The molecule has 0 radical (unpaired) electrons. The van der Waals surface area contributed by atoms with E-state index in [1.165, 1.54) is 6.20 Å². The minimum absolute atomic E-state index is 0.0863. The van der Waals surface area contributed by atoms with Crippen LogP contribution in [0.25, 0.3) is 11.0 Å². The smallest absolute Gasteiger partial charge is 0.328 e. The summed E-state index contributed by atoms with van der Waals surface area (Å²) >= 11 is 5.92. The molecule has 1 N–H and O–H groups in total. The first kappa shape index (κ1) is 14.2. The molecular formula is C15H12ClN5O. The molecule has 1 aromatic carbocycles. The Labute approximate surface area is 131 Å². The number of nitrogens with zero attached hydrogens (tertiary/aromatic N) is 4. The number of pyridine rings is 1. The molecule has 0 amide bonds. The maximum absolute atomic E-state index is 11.9. The normalized spacial score (nSPS) is 10.6. The van der Waals surface area contributed by atoms with Gasteiger partial charge in [0, 0.05) is 26.0 Å². The third kappa shape index (κ3) is 2.12. The van der Waals surface area contributed by atoms with Crippen LogP contribution in [0.2, 0.25) is 5.15 Å². The highest BCUT2D eigenvalue weighted by molar-refractivity contribution is 6.31. The minimum Gasteiger partial charge on any atom is -0.354 e. The van der Waals surface area contributed by atoms with E-state index in [4.69, 9.17) is 16.9 Å². The summed E-state index contributed by atoms with van der Waals surface area (Å²) in [7, 11) is 3.45. The van der Waals surface area contributed by atoms with Gasteiger partial charge in [0.1, 0.15) is 16.8 Å². The van der Waals surface area contributed by atoms with Gasteiger partial charge in [0.2, 0.25) is 0 Å². The standard InChI is InChI=1S/C15H12ClN5O/c1-20-12-4-3-9(7-13(12)21(2)15(20)22)19-11-5-6-18-14(16)10(11)8-17/h3-7H,1-2H3,(H,18,19). The zero-order valence-corrected chi connectivity index (χ0v) is 12.7. The molecule has 0 aliphatic rings. The highest BCUT2D eigenvalue weighted by atomic mass is 35.5. The first-order chi connectivity index (χ1) is 10.5. The number of nitrogens with one attached hydrogen (secondary N) is 1. The van der Waals surface area contributed by atoms with Gasteiger partial charge in [0.25, 0.3) is 0 Å². The molecule has 0 unspecified atom stereocenters. The van der Waals surface area contributed by atoms with Crippen molar-refractivity contribution >= 4 is 34.0 Å². The lowest BCUT2D eigenvalue weighted by Crippen LogP contribution is -2.19. The number of aromatic nitrogens is 3. The van der Waals surface area contributed by atoms with E-state index >= 15 is 0 Å². The van der Waals surface area contributed by atoms with E-state index in [-0.39, 0.29) is 16.4 Å². The summed E-state index contributed by atoms with van der Waals surface area (Å²) < 4.78 is 3.16. The van der Waals surface area contributed by atoms with Gasteiger partial charge >= 0.3 is 5.69 Å². The molecule has 0 saturated carbocycles. The van der Waals surface area contributed by atoms with Crippen molar-refractivity contribution < 1.29 is 0 Å². The van der Waals surface area contributed by atoms with Gasteiger partial charge in [-0.05, 0) is 24.3 Å². The van der Waals surface area contributed by atoms with Crippen LogP contribution in [0.1, 0.15) is 5.56 Å². The van der Waals surface area contributed by atoms with Gasteiger partial charge in [0.05, 0.1) is 16.7 Å². The number of hydrogen-bond donors (Lipinski definition) is 1. The topological polar surface area (TPSA) is 75.6 Å². The van der Waals surface area contributed by atoms with Gasteiger partial charge in [-0.3, -0.25) is 9.13 Å². The lowest BCUT2D eigenvalue weighted by Gasteiger charge is -2.09. The lowest BCUT2D eigenvalue weighted by molar-refractivity contribution is 0.795. The van der Waals surface area contributed by atoms with Crippen LogP contribution in [0.3, 0.4) is 0 Å². The Kier molecular flexibility index (Phi) is 3.35. The van der Waals surface area contributed by atoms with Crippen molar-refractivity contribution in [1.29, 1.82) is 5.26 Å². The van der Waals surface area contributed by atoms with Gasteiger partial charge < -0.3 is 5.32 Å². The highest BCUT2D eigenvalue weighted by Gasteiger charge is 2.11. The number of rotatable bonds is 2. The Balaban J connectivity index is 2.10. The number of anilines is 2. The monoisotopic (exact) mass is 313 g/mol. The van der Waals surface area contributed by atoms with Crippen molar-refractivity contribution in [2.75, 3.05) is 5.32 Å². The fraction of sp³-hybridized carbons (Fsp3) is 0.133. The van der Waals surface area contributed by atoms with E-state index in [1.54, 1.807) is 29.3 Å². The van der Waals surface area contributed by atoms with Crippen molar-refractivity contribution in [2.24, 2.45) is 14.1 Å². The number of hydrogen-bond acceptors (Lipinski definition) is 4. The molecule has 22 heavy (non-hydrogen) atoms. The summed E-state index contributed by atoms with van der Waals surface area (Å²) in [5.41, 5.74) is 3.17. The predicted molar refractivity (Wildman–Crippen MR) is 85.4 cm³/mol. The summed E-state index contributed by atoms with van der Waals surface area (Å²) in [5, 5.41) is 12.5. The zero-order valence-electron chi connectivity index (χ0n) is 12.0. The molecule has 2 aromatic heterocycles. The van der Waals surface area contributed by atoms with Crippen molar-refractivity contribution in [1.82, 2.24) is 14.1 Å². The minimum atomic E-state index is -0.0863. The third-order valence-electron chi connectivity index (χ3n) is 3.57. The van der Waals surface area contributed by atoms with Crippen LogP contribution < -0.4 is 11.0 Å². The quantitative estimate of drug-likeness (QED) is 0.738. The van der Waals surface area contributed by atoms with E-state index in [0.717, 1.165) is 16.7 Å². The number of fused-ring (bicyclic) bond motifs is 1. The molecule has 0 fully saturated rings.